The Balaban J connectivity index is 2.04. The lowest BCUT2D eigenvalue weighted by atomic mass is 10.1. The Morgan fingerprint density at radius 2 is 1.21 bits per heavy atom. The van der Waals surface area contributed by atoms with Gasteiger partial charge in [-0.3, -0.25) is 4.72 Å². The van der Waals surface area contributed by atoms with E-state index in [0.29, 0.717) is 5.69 Å². The molecule has 28 heavy (non-hydrogen) atoms. The molecule has 0 bridgehead atoms. The van der Waals surface area contributed by atoms with Crippen LogP contribution in [0.15, 0.2) is 48.5 Å². The van der Waals surface area contributed by atoms with Gasteiger partial charge in [0.25, 0.3) is 0 Å². The van der Waals surface area contributed by atoms with Gasteiger partial charge < -0.3 is 0 Å². The number of anilines is 1. The van der Waals surface area contributed by atoms with Gasteiger partial charge in [-0.05, 0) is 56.5 Å². The van der Waals surface area contributed by atoms with Crippen LogP contribution in [-0.4, -0.2) is 27.3 Å². The monoisotopic (exact) mass is 421 g/mol. The van der Waals surface area contributed by atoms with Crippen molar-refractivity contribution < 1.29 is 16.8 Å². The van der Waals surface area contributed by atoms with Gasteiger partial charge in [-0.15, -0.1) is 0 Å². The third-order valence-corrected chi connectivity index (χ3v) is 8.26. The molecule has 7 heteroatoms. The standard InChI is InChI=1S/C21H27NO4S2/c1-16(2)27(23,24)15-20-9-7-18(8-10-20)5-6-19-11-13-21(14-12-19)22-28(25,26)17(3)4/h5-14,16-17,22H,15H2,1-4H3/b6-5+. The van der Waals surface area contributed by atoms with E-state index in [9.17, 15) is 16.8 Å². The minimum Gasteiger partial charge on any atom is -0.283 e. The summed E-state index contributed by atoms with van der Waals surface area (Å²) >= 11 is 0. The summed E-state index contributed by atoms with van der Waals surface area (Å²) in [6.45, 7) is 6.63. The summed E-state index contributed by atoms with van der Waals surface area (Å²) in [6, 6.07) is 14.5. The van der Waals surface area contributed by atoms with Crippen LogP contribution < -0.4 is 4.72 Å². The highest BCUT2D eigenvalue weighted by Gasteiger charge is 2.16. The first-order valence-electron chi connectivity index (χ1n) is 9.10. The van der Waals surface area contributed by atoms with Gasteiger partial charge in [0.05, 0.1) is 16.3 Å². The van der Waals surface area contributed by atoms with Crippen molar-refractivity contribution in [3.05, 3.63) is 65.2 Å². The van der Waals surface area contributed by atoms with E-state index in [1.54, 1.807) is 39.8 Å². The number of sulfonamides is 1. The van der Waals surface area contributed by atoms with E-state index in [0.717, 1.165) is 16.7 Å². The Kier molecular flexibility index (Phi) is 7.06. The number of rotatable bonds is 8. The summed E-state index contributed by atoms with van der Waals surface area (Å²) in [6.07, 6.45) is 3.84. The molecule has 5 nitrogen and oxygen atoms in total. The lowest BCUT2D eigenvalue weighted by Gasteiger charge is -2.10. The van der Waals surface area contributed by atoms with Gasteiger partial charge in [0.15, 0.2) is 9.84 Å². The molecular formula is C21H27NO4S2. The fraction of sp³-hybridized carbons (Fsp3) is 0.333. The molecule has 0 aliphatic rings. The average Bonchev–Trinajstić information content (AvgIpc) is 2.61. The van der Waals surface area contributed by atoms with Gasteiger partial charge in [0.1, 0.15) is 0 Å². The fourth-order valence-corrected chi connectivity index (χ4v) is 3.95. The van der Waals surface area contributed by atoms with E-state index in [1.807, 2.05) is 48.6 Å². The van der Waals surface area contributed by atoms with Gasteiger partial charge in [0.2, 0.25) is 10.0 Å². The zero-order valence-electron chi connectivity index (χ0n) is 16.6. The van der Waals surface area contributed by atoms with Gasteiger partial charge >= 0.3 is 0 Å². The first kappa shape index (κ1) is 22.2. The molecule has 0 aliphatic carbocycles. The van der Waals surface area contributed by atoms with E-state index in [1.165, 1.54) is 0 Å². The number of benzene rings is 2. The van der Waals surface area contributed by atoms with Gasteiger partial charge in [-0.1, -0.05) is 48.6 Å². The Labute approximate surface area is 168 Å². The quantitative estimate of drug-likeness (QED) is 0.643. The highest BCUT2D eigenvalue weighted by Crippen LogP contribution is 2.17. The zero-order chi connectivity index (χ0) is 20.9. The lowest BCUT2D eigenvalue weighted by Crippen LogP contribution is -2.22. The number of sulfone groups is 1. The summed E-state index contributed by atoms with van der Waals surface area (Å²) in [5.74, 6) is 0.0441. The second-order valence-corrected chi connectivity index (χ2v) is 12.0. The topological polar surface area (TPSA) is 80.3 Å². The Bertz CT molecular complexity index is 933. The molecule has 0 aliphatic heterocycles. The minimum absolute atomic E-state index is 0.0441. The van der Waals surface area contributed by atoms with E-state index >= 15 is 0 Å². The van der Waals surface area contributed by atoms with Crippen LogP contribution in [0.5, 0.6) is 0 Å². The summed E-state index contributed by atoms with van der Waals surface area (Å²) in [7, 11) is -6.46. The molecule has 0 atom stereocenters. The highest BCUT2D eigenvalue weighted by atomic mass is 32.2. The van der Waals surface area contributed by atoms with Crippen LogP contribution in [0.2, 0.25) is 0 Å². The van der Waals surface area contributed by atoms with E-state index in [-0.39, 0.29) is 11.0 Å². The molecule has 0 unspecified atom stereocenters. The summed E-state index contributed by atoms with van der Waals surface area (Å²) < 4.78 is 50.3. The van der Waals surface area contributed by atoms with Gasteiger partial charge in [0, 0.05) is 5.69 Å². The second-order valence-electron chi connectivity index (χ2n) is 7.25. The smallest absolute Gasteiger partial charge is 0.235 e. The molecule has 2 rings (SSSR count). The van der Waals surface area contributed by atoms with E-state index in [4.69, 9.17) is 0 Å². The molecule has 0 spiro atoms. The summed E-state index contributed by atoms with van der Waals surface area (Å²) in [5.41, 5.74) is 3.18. The van der Waals surface area contributed by atoms with Crippen molar-refractivity contribution in [2.24, 2.45) is 0 Å². The number of hydrogen-bond donors (Lipinski definition) is 1. The predicted octanol–water partition coefficient (Wildman–Crippen LogP) is 4.33. The molecule has 2 aromatic rings. The SMILES string of the molecule is CC(C)S(=O)(=O)Cc1ccc(/C=C/c2ccc(NS(=O)(=O)C(C)C)cc2)cc1. The minimum atomic E-state index is -3.35. The number of hydrogen-bond acceptors (Lipinski definition) is 4. The maximum atomic E-state index is 12.0. The highest BCUT2D eigenvalue weighted by molar-refractivity contribution is 7.93. The van der Waals surface area contributed by atoms with Gasteiger partial charge in [-0.25, -0.2) is 16.8 Å². The molecule has 1 N–H and O–H groups in total. The molecule has 152 valence electrons. The second kappa shape index (κ2) is 8.92. The molecule has 0 saturated heterocycles. The third kappa shape index (κ3) is 6.21. The summed E-state index contributed by atoms with van der Waals surface area (Å²) in [5, 5.41) is -0.884. The average molecular weight is 422 g/mol. The van der Waals surface area contributed by atoms with Crippen molar-refractivity contribution in [3.63, 3.8) is 0 Å². The van der Waals surface area contributed by atoms with Crippen LogP contribution in [0.1, 0.15) is 44.4 Å². The first-order valence-corrected chi connectivity index (χ1v) is 12.4. The van der Waals surface area contributed by atoms with Crippen LogP contribution in [0.25, 0.3) is 12.2 Å². The Morgan fingerprint density at radius 3 is 1.64 bits per heavy atom. The maximum absolute atomic E-state index is 12.0. The molecule has 0 fully saturated rings. The molecule has 0 aromatic heterocycles. The normalized spacial score (nSPS) is 12.8. The van der Waals surface area contributed by atoms with Crippen LogP contribution in [0.4, 0.5) is 5.69 Å². The van der Waals surface area contributed by atoms with E-state index in [2.05, 4.69) is 4.72 Å². The van der Waals surface area contributed by atoms with Crippen molar-refractivity contribution in [2.45, 2.75) is 43.9 Å². The zero-order valence-corrected chi connectivity index (χ0v) is 18.2. The van der Waals surface area contributed by atoms with Crippen LogP contribution in [0.3, 0.4) is 0 Å². The van der Waals surface area contributed by atoms with Crippen molar-refractivity contribution in [1.29, 1.82) is 0 Å². The van der Waals surface area contributed by atoms with E-state index < -0.39 is 25.1 Å². The molecule has 0 radical (unpaired) electrons. The third-order valence-electron chi connectivity index (χ3n) is 4.33. The Hall–Kier alpha value is -2.12. The largest absolute Gasteiger partial charge is 0.283 e. The molecular weight excluding hydrogens is 394 g/mol. The predicted molar refractivity (Wildman–Crippen MR) is 117 cm³/mol. The molecule has 2 aromatic carbocycles. The molecule has 0 heterocycles. The summed E-state index contributed by atoms with van der Waals surface area (Å²) in [4.78, 5) is 0. The van der Waals surface area contributed by atoms with Crippen LogP contribution in [0, 0.1) is 0 Å². The Morgan fingerprint density at radius 1 is 0.750 bits per heavy atom. The van der Waals surface area contributed by atoms with Crippen molar-refractivity contribution in [1.82, 2.24) is 0 Å². The maximum Gasteiger partial charge on any atom is 0.235 e. The van der Waals surface area contributed by atoms with Gasteiger partial charge in [-0.2, -0.15) is 0 Å². The fourth-order valence-electron chi connectivity index (χ4n) is 2.26. The first-order chi connectivity index (χ1) is 13.0. The lowest BCUT2D eigenvalue weighted by molar-refractivity contribution is 0.586. The molecule has 0 saturated carbocycles. The number of nitrogens with one attached hydrogen (secondary N) is 1. The molecule has 0 amide bonds. The van der Waals surface area contributed by atoms with Crippen molar-refractivity contribution >= 4 is 37.7 Å². The van der Waals surface area contributed by atoms with Crippen LogP contribution in [-0.2, 0) is 25.6 Å². The van der Waals surface area contributed by atoms with Crippen LogP contribution >= 0.6 is 0 Å². The van der Waals surface area contributed by atoms with Crippen molar-refractivity contribution in [2.75, 3.05) is 4.72 Å². The van der Waals surface area contributed by atoms with Crippen molar-refractivity contribution in [3.8, 4) is 0 Å².